The van der Waals surface area contributed by atoms with Gasteiger partial charge in [0.15, 0.2) is 0 Å². The summed E-state index contributed by atoms with van der Waals surface area (Å²) < 4.78 is 0. The number of hydrogen-bond donors (Lipinski definition) is 2. The maximum absolute atomic E-state index is 10.7. The molecular weight excluding hydrogens is 192 g/mol. The Morgan fingerprint density at radius 1 is 1.53 bits per heavy atom. The standard InChI is InChI=1S/C11H20N2O2/c1-7-5-9(12-8(2)11(14)15)6-13(7)10-3-4-10/h7-10,12H,3-6H2,1-2H3,(H,14,15). The molecule has 0 bridgehead atoms. The summed E-state index contributed by atoms with van der Waals surface area (Å²) in [6, 6.07) is 1.32. The Balaban J connectivity index is 1.83. The van der Waals surface area contributed by atoms with Gasteiger partial charge in [0.05, 0.1) is 0 Å². The lowest BCUT2D eigenvalue weighted by molar-refractivity contribution is -0.139. The molecule has 15 heavy (non-hydrogen) atoms. The van der Waals surface area contributed by atoms with Gasteiger partial charge in [0.2, 0.25) is 0 Å². The fourth-order valence-electron chi connectivity index (χ4n) is 2.52. The fourth-order valence-corrected chi connectivity index (χ4v) is 2.52. The van der Waals surface area contributed by atoms with Crippen LogP contribution >= 0.6 is 0 Å². The predicted octanol–water partition coefficient (Wildman–Crippen LogP) is 0.674. The zero-order chi connectivity index (χ0) is 11.0. The summed E-state index contributed by atoms with van der Waals surface area (Å²) in [7, 11) is 0. The van der Waals surface area contributed by atoms with Crippen molar-refractivity contribution >= 4 is 5.97 Å². The second kappa shape index (κ2) is 4.10. The average Bonchev–Trinajstić information content (AvgIpc) is 2.92. The van der Waals surface area contributed by atoms with E-state index in [1.165, 1.54) is 12.8 Å². The lowest BCUT2D eigenvalue weighted by Gasteiger charge is -2.20. The van der Waals surface area contributed by atoms with Crippen molar-refractivity contribution < 1.29 is 9.90 Å². The van der Waals surface area contributed by atoms with Crippen LogP contribution < -0.4 is 5.32 Å². The minimum atomic E-state index is -0.757. The third kappa shape index (κ3) is 2.49. The number of aliphatic carboxylic acids is 1. The van der Waals surface area contributed by atoms with Gasteiger partial charge in [-0.3, -0.25) is 9.69 Å². The summed E-state index contributed by atoms with van der Waals surface area (Å²) in [4.78, 5) is 13.2. The summed E-state index contributed by atoms with van der Waals surface area (Å²) >= 11 is 0. The summed E-state index contributed by atoms with van der Waals surface area (Å²) in [5.74, 6) is -0.757. The Morgan fingerprint density at radius 2 is 2.20 bits per heavy atom. The fraction of sp³-hybridized carbons (Fsp3) is 0.909. The van der Waals surface area contributed by atoms with E-state index < -0.39 is 12.0 Å². The van der Waals surface area contributed by atoms with Gasteiger partial charge in [0.25, 0.3) is 0 Å². The van der Waals surface area contributed by atoms with Crippen LogP contribution in [0.2, 0.25) is 0 Å². The van der Waals surface area contributed by atoms with Crippen LogP contribution in [0.15, 0.2) is 0 Å². The molecule has 3 unspecified atom stereocenters. The van der Waals surface area contributed by atoms with E-state index in [1.54, 1.807) is 6.92 Å². The van der Waals surface area contributed by atoms with Gasteiger partial charge in [0.1, 0.15) is 6.04 Å². The molecule has 4 nitrogen and oxygen atoms in total. The van der Waals surface area contributed by atoms with Crippen molar-refractivity contribution in [2.45, 2.75) is 57.3 Å². The highest BCUT2D eigenvalue weighted by Gasteiger charge is 2.39. The summed E-state index contributed by atoms with van der Waals surface area (Å²) in [6.45, 7) is 4.97. The molecule has 1 saturated carbocycles. The molecular formula is C11H20N2O2. The largest absolute Gasteiger partial charge is 0.480 e. The lowest BCUT2D eigenvalue weighted by Crippen LogP contribution is -2.42. The maximum Gasteiger partial charge on any atom is 0.320 e. The van der Waals surface area contributed by atoms with E-state index in [4.69, 9.17) is 5.11 Å². The first kappa shape index (κ1) is 10.9. The molecule has 1 heterocycles. The third-order valence-electron chi connectivity index (χ3n) is 3.50. The van der Waals surface area contributed by atoms with Gasteiger partial charge in [-0.25, -0.2) is 0 Å². The molecule has 2 fully saturated rings. The Hall–Kier alpha value is -0.610. The Kier molecular flexibility index (Phi) is 2.98. The first-order valence-corrected chi connectivity index (χ1v) is 5.82. The summed E-state index contributed by atoms with van der Waals surface area (Å²) in [6.07, 6.45) is 3.73. The molecule has 2 aliphatic rings. The molecule has 0 aromatic rings. The second-order valence-corrected chi connectivity index (χ2v) is 4.94. The van der Waals surface area contributed by atoms with Crippen molar-refractivity contribution in [3.8, 4) is 0 Å². The van der Waals surface area contributed by atoms with Crippen molar-refractivity contribution in [3.05, 3.63) is 0 Å². The van der Waals surface area contributed by atoms with Crippen LogP contribution in [0, 0.1) is 0 Å². The topological polar surface area (TPSA) is 52.6 Å². The first-order chi connectivity index (χ1) is 7.08. The summed E-state index contributed by atoms with van der Waals surface area (Å²) in [5, 5.41) is 12.0. The highest BCUT2D eigenvalue weighted by atomic mass is 16.4. The van der Waals surface area contributed by atoms with Crippen LogP contribution in [-0.4, -0.2) is 46.7 Å². The minimum Gasteiger partial charge on any atom is -0.480 e. The monoisotopic (exact) mass is 212 g/mol. The van der Waals surface area contributed by atoms with Crippen LogP contribution in [0.5, 0.6) is 0 Å². The number of rotatable bonds is 4. The lowest BCUT2D eigenvalue weighted by atomic mass is 10.1. The summed E-state index contributed by atoms with van der Waals surface area (Å²) in [5.41, 5.74) is 0. The molecule has 2 rings (SSSR count). The van der Waals surface area contributed by atoms with Gasteiger partial charge in [0, 0.05) is 24.7 Å². The normalized spacial score (nSPS) is 34.3. The average molecular weight is 212 g/mol. The van der Waals surface area contributed by atoms with Gasteiger partial charge in [-0.05, 0) is 33.1 Å². The molecule has 0 radical (unpaired) electrons. The predicted molar refractivity (Wildman–Crippen MR) is 57.8 cm³/mol. The number of nitrogens with zero attached hydrogens (tertiary/aromatic N) is 1. The molecule has 86 valence electrons. The van der Waals surface area contributed by atoms with E-state index in [1.807, 2.05) is 0 Å². The van der Waals surface area contributed by atoms with Crippen LogP contribution in [0.1, 0.15) is 33.1 Å². The van der Waals surface area contributed by atoms with Crippen LogP contribution in [0.4, 0.5) is 0 Å². The van der Waals surface area contributed by atoms with E-state index in [0.717, 1.165) is 19.0 Å². The molecule has 0 amide bonds. The van der Waals surface area contributed by atoms with Gasteiger partial charge in [-0.2, -0.15) is 0 Å². The molecule has 1 aliphatic carbocycles. The molecule has 3 atom stereocenters. The van der Waals surface area contributed by atoms with E-state index in [0.29, 0.717) is 12.1 Å². The number of nitrogens with one attached hydrogen (secondary N) is 1. The molecule has 1 saturated heterocycles. The number of carboxylic acid groups (broad SMARTS) is 1. The zero-order valence-corrected chi connectivity index (χ0v) is 9.44. The molecule has 0 aromatic heterocycles. The zero-order valence-electron chi connectivity index (χ0n) is 9.44. The van der Waals surface area contributed by atoms with Crippen LogP contribution in [-0.2, 0) is 4.79 Å². The van der Waals surface area contributed by atoms with Crippen LogP contribution in [0.25, 0.3) is 0 Å². The molecule has 0 aromatic carbocycles. The van der Waals surface area contributed by atoms with Gasteiger partial charge in [-0.15, -0.1) is 0 Å². The Labute approximate surface area is 90.6 Å². The highest BCUT2D eigenvalue weighted by molar-refractivity contribution is 5.72. The number of hydrogen-bond acceptors (Lipinski definition) is 3. The SMILES string of the molecule is CC(NC1CC(C)N(C2CC2)C1)C(=O)O. The molecule has 2 N–H and O–H groups in total. The quantitative estimate of drug-likeness (QED) is 0.719. The van der Waals surface area contributed by atoms with E-state index >= 15 is 0 Å². The highest BCUT2D eigenvalue weighted by Crippen LogP contribution is 2.33. The third-order valence-corrected chi connectivity index (χ3v) is 3.50. The van der Waals surface area contributed by atoms with E-state index in [-0.39, 0.29) is 0 Å². The Bertz CT molecular complexity index is 253. The van der Waals surface area contributed by atoms with E-state index in [2.05, 4.69) is 17.1 Å². The van der Waals surface area contributed by atoms with Crippen molar-refractivity contribution in [3.63, 3.8) is 0 Å². The smallest absolute Gasteiger partial charge is 0.320 e. The molecule has 0 spiro atoms. The maximum atomic E-state index is 10.7. The first-order valence-electron chi connectivity index (χ1n) is 5.82. The Morgan fingerprint density at radius 3 is 2.73 bits per heavy atom. The van der Waals surface area contributed by atoms with Crippen molar-refractivity contribution in [1.82, 2.24) is 10.2 Å². The number of carboxylic acids is 1. The van der Waals surface area contributed by atoms with Crippen molar-refractivity contribution in [2.24, 2.45) is 0 Å². The molecule has 1 aliphatic heterocycles. The van der Waals surface area contributed by atoms with E-state index in [9.17, 15) is 4.79 Å². The van der Waals surface area contributed by atoms with Gasteiger partial charge in [-0.1, -0.05) is 0 Å². The minimum absolute atomic E-state index is 0.353. The number of likely N-dealkylation sites (tertiary alicyclic amines) is 1. The second-order valence-electron chi connectivity index (χ2n) is 4.94. The van der Waals surface area contributed by atoms with Gasteiger partial charge >= 0.3 is 5.97 Å². The van der Waals surface area contributed by atoms with Gasteiger partial charge < -0.3 is 10.4 Å². The van der Waals surface area contributed by atoms with Crippen LogP contribution in [0.3, 0.4) is 0 Å². The number of carbonyl (C=O) groups is 1. The van der Waals surface area contributed by atoms with Crippen molar-refractivity contribution in [1.29, 1.82) is 0 Å². The molecule has 4 heteroatoms. The van der Waals surface area contributed by atoms with Crippen molar-refractivity contribution in [2.75, 3.05) is 6.54 Å².